The Hall–Kier alpha value is -3.71. The molecule has 0 N–H and O–H groups in total. The molecule has 3 aliphatic heterocycles. The van der Waals surface area contributed by atoms with Crippen LogP contribution in [0.2, 0.25) is 0 Å². The van der Waals surface area contributed by atoms with Crippen molar-refractivity contribution in [1.82, 2.24) is 4.90 Å². The second kappa shape index (κ2) is 12.0. The molecule has 0 saturated carbocycles. The molecule has 0 radical (unpaired) electrons. The quantitative estimate of drug-likeness (QED) is 0.393. The molecule has 7 nitrogen and oxygen atoms in total. The molecule has 0 aromatic heterocycles. The normalized spacial score (nSPS) is 18.9. The van der Waals surface area contributed by atoms with E-state index in [4.69, 9.17) is 14.2 Å². The smallest absolute Gasteiger partial charge is 0.227 e. The Kier molecular flexibility index (Phi) is 7.86. The van der Waals surface area contributed by atoms with Crippen LogP contribution in [0.3, 0.4) is 0 Å². The van der Waals surface area contributed by atoms with Crippen LogP contribution in [-0.4, -0.2) is 69.4 Å². The predicted octanol–water partition coefficient (Wildman–Crippen LogP) is 4.79. The average Bonchev–Trinajstić information content (AvgIpc) is 3.00. The third-order valence-electron chi connectivity index (χ3n) is 7.91. The van der Waals surface area contributed by atoms with E-state index in [-0.39, 0.29) is 11.9 Å². The highest BCUT2D eigenvalue weighted by molar-refractivity contribution is 5.95. The van der Waals surface area contributed by atoms with E-state index in [0.29, 0.717) is 32.7 Å². The number of hydrogen-bond donors (Lipinski definition) is 0. The summed E-state index contributed by atoms with van der Waals surface area (Å²) in [6, 6.07) is 24.5. The van der Waals surface area contributed by atoms with Crippen molar-refractivity contribution in [2.24, 2.45) is 0 Å². The van der Waals surface area contributed by atoms with E-state index in [1.807, 2.05) is 48.5 Å². The Morgan fingerprint density at radius 2 is 1.62 bits per heavy atom. The monoisotopic (exact) mass is 527 g/mol. The second-order valence-electron chi connectivity index (χ2n) is 10.4. The van der Waals surface area contributed by atoms with Gasteiger partial charge in [-0.15, -0.1) is 0 Å². The number of fused-ring (bicyclic) bond motifs is 2. The Bertz CT molecular complexity index is 1260. The standard InChI is InChI=1S/C32H37N3O4/c36-31(14-7-21-37-27-9-2-1-3-10-27)35-26(16-15-25-8-4-5-11-28(25)35)24-33-17-19-34(20-18-33)29-12-6-13-30-32(29)39-23-22-38-30/h1-6,8-13,26H,7,14-24H2. The van der Waals surface area contributed by atoms with Crippen molar-refractivity contribution < 1.29 is 19.0 Å². The lowest BCUT2D eigenvalue weighted by Gasteiger charge is -2.43. The van der Waals surface area contributed by atoms with Gasteiger partial charge >= 0.3 is 0 Å². The minimum Gasteiger partial charge on any atom is -0.494 e. The Morgan fingerprint density at radius 1 is 0.846 bits per heavy atom. The molecule has 39 heavy (non-hydrogen) atoms. The first-order valence-corrected chi connectivity index (χ1v) is 14.2. The molecule has 3 heterocycles. The molecule has 1 atom stereocenters. The SMILES string of the molecule is O=C(CCCOc1ccccc1)N1c2ccccc2CCC1CN1CCN(c2cccc3c2OCCO3)CC1. The summed E-state index contributed by atoms with van der Waals surface area (Å²) in [7, 11) is 0. The fraction of sp³-hybridized carbons (Fsp3) is 0.406. The zero-order valence-corrected chi connectivity index (χ0v) is 22.5. The summed E-state index contributed by atoms with van der Waals surface area (Å²) in [5, 5.41) is 0. The van der Waals surface area contributed by atoms with Gasteiger partial charge in [-0.1, -0.05) is 42.5 Å². The summed E-state index contributed by atoms with van der Waals surface area (Å²) in [5.41, 5.74) is 3.46. The largest absolute Gasteiger partial charge is 0.494 e. The van der Waals surface area contributed by atoms with Crippen molar-refractivity contribution in [3.05, 3.63) is 78.4 Å². The molecule has 1 unspecified atom stereocenters. The van der Waals surface area contributed by atoms with Crippen LogP contribution in [0.25, 0.3) is 0 Å². The van der Waals surface area contributed by atoms with Crippen LogP contribution >= 0.6 is 0 Å². The highest BCUT2D eigenvalue weighted by Crippen LogP contribution is 2.40. The number of hydrogen-bond acceptors (Lipinski definition) is 6. The van der Waals surface area contributed by atoms with Crippen LogP contribution in [0, 0.1) is 0 Å². The van der Waals surface area contributed by atoms with Gasteiger partial charge in [0, 0.05) is 50.9 Å². The first kappa shape index (κ1) is 25.6. The van der Waals surface area contributed by atoms with E-state index < -0.39 is 0 Å². The molecular weight excluding hydrogens is 490 g/mol. The second-order valence-corrected chi connectivity index (χ2v) is 10.4. The molecular formula is C32H37N3O4. The van der Waals surface area contributed by atoms with Crippen LogP contribution in [0.15, 0.2) is 72.8 Å². The van der Waals surface area contributed by atoms with Gasteiger partial charge in [0.25, 0.3) is 0 Å². The summed E-state index contributed by atoms with van der Waals surface area (Å²) in [4.78, 5) is 20.6. The van der Waals surface area contributed by atoms with Crippen LogP contribution in [0.1, 0.15) is 24.8 Å². The number of benzene rings is 3. The maximum atomic E-state index is 13.6. The van der Waals surface area contributed by atoms with Crippen molar-refractivity contribution in [3.63, 3.8) is 0 Å². The van der Waals surface area contributed by atoms with Gasteiger partial charge in [0.2, 0.25) is 5.91 Å². The fourth-order valence-corrected chi connectivity index (χ4v) is 5.94. The first-order chi connectivity index (χ1) is 19.3. The van der Waals surface area contributed by atoms with Crippen molar-refractivity contribution >= 4 is 17.3 Å². The number of para-hydroxylation sites is 3. The molecule has 3 aromatic rings. The van der Waals surface area contributed by atoms with Gasteiger partial charge in [-0.25, -0.2) is 0 Å². The third-order valence-corrected chi connectivity index (χ3v) is 7.91. The molecule has 7 heteroatoms. The summed E-state index contributed by atoms with van der Waals surface area (Å²) in [6.07, 6.45) is 3.17. The summed E-state index contributed by atoms with van der Waals surface area (Å²) in [5.74, 6) is 2.75. The fourth-order valence-electron chi connectivity index (χ4n) is 5.94. The van der Waals surface area contributed by atoms with Crippen molar-refractivity contribution in [3.8, 4) is 17.2 Å². The Morgan fingerprint density at radius 3 is 2.49 bits per heavy atom. The highest BCUT2D eigenvalue weighted by Gasteiger charge is 2.33. The van der Waals surface area contributed by atoms with E-state index in [2.05, 4.69) is 39.0 Å². The molecule has 3 aliphatic rings. The number of anilines is 2. The van der Waals surface area contributed by atoms with Gasteiger partial charge in [-0.3, -0.25) is 9.69 Å². The van der Waals surface area contributed by atoms with Gasteiger partial charge in [-0.2, -0.15) is 0 Å². The number of ether oxygens (including phenoxy) is 3. The summed E-state index contributed by atoms with van der Waals surface area (Å²) in [6.45, 7) is 6.38. The van der Waals surface area contributed by atoms with Crippen molar-refractivity contribution in [1.29, 1.82) is 0 Å². The maximum Gasteiger partial charge on any atom is 0.227 e. The molecule has 1 amide bonds. The van der Waals surface area contributed by atoms with Crippen LogP contribution < -0.4 is 24.0 Å². The summed E-state index contributed by atoms with van der Waals surface area (Å²) < 4.78 is 17.6. The molecule has 0 aliphatic carbocycles. The maximum absolute atomic E-state index is 13.6. The molecule has 6 rings (SSSR count). The number of carbonyl (C=O) groups excluding carboxylic acids is 1. The highest BCUT2D eigenvalue weighted by atomic mass is 16.6. The van der Waals surface area contributed by atoms with Crippen molar-refractivity contribution in [2.45, 2.75) is 31.7 Å². The third kappa shape index (κ3) is 5.83. The van der Waals surface area contributed by atoms with Gasteiger partial charge in [0.05, 0.1) is 12.3 Å². The molecule has 0 spiro atoms. The topological polar surface area (TPSA) is 54.5 Å². The molecule has 1 fully saturated rings. The lowest BCUT2D eigenvalue weighted by Crippen LogP contribution is -2.54. The Labute approximate surface area is 230 Å². The van der Waals surface area contributed by atoms with Gasteiger partial charge in [0.1, 0.15) is 19.0 Å². The lowest BCUT2D eigenvalue weighted by molar-refractivity contribution is -0.119. The van der Waals surface area contributed by atoms with E-state index in [1.165, 1.54) is 5.56 Å². The predicted molar refractivity (Wildman–Crippen MR) is 153 cm³/mol. The number of aryl methyl sites for hydroxylation is 1. The zero-order chi connectivity index (χ0) is 26.4. The van der Waals surface area contributed by atoms with Crippen LogP contribution in [0.4, 0.5) is 11.4 Å². The minimum absolute atomic E-state index is 0.176. The van der Waals surface area contributed by atoms with E-state index in [0.717, 1.165) is 74.2 Å². The van der Waals surface area contributed by atoms with Gasteiger partial charge < -0.3 is 24.0 Å². The van der Waals surface area contributed by atoms with Gasteiger partial charge in [0.15, 0.2) is 11.5 Å². The molecule has 1 saturated heterocycles. The number of rotatable bonds is 8. The lowest BCUT2D eigenvalue weighted by atomic mass is 9.94. The zero-order valence-electron chi connectivity index (χ0n) is 22.5. The number of amides is 1. The Balaban J connectivity index is 1.08. The van der Waals surface area contributed by atoms with Crippen LogP contribution in [-0.2, 0) is 11.2 Å². The first-order valence-electron chi connectivity index (χ1n) is 14.2. The van der Waals surface area contributed by atoms with E-state index in [9.17, 15) is 4.79 Å². The number of nitrogens with zero attached hydrogens (tertiary/aromatic N) is 3. The molecule has 3 aromatic carbocycles. The summed E-state index contributed by atoms with van der Waals surface area (Å²) >= 11 is 0. The van der Waals surface area contributed by atoms with E-state index in [1.54, 1.807) is 0 Å². The van der Waals surface area contributed by atoms with E-state index >= 15 is 0 Å². The number of piperazine rings is 1. The van der Waals surface area contributed by atoms with Crippen LogP contribution in [0.5, 0.6) is 17.2 Å². The minimum atomic E-state index is 0.176. The average molecular weight is 528 g/mol. The molecule has 204 valence electrons. The number of carbonyl (C=O) groups is 1. The van der Waals surface area contributed by atoms with Gasteiger partial charge in [-0.05, 0) is 55.2 Å². The van der Waals surface area contributed by atoms with Crippen molar-refractivity contribution in [2.75, 3.05) is 62.3 Å². The molecule has 0 bridgehead atoms.